The summed E-state index contributed by atoms with van der Waals surface area (Å²) in [5, 5.41) is 3.47. The van der Waals surface area contributed by atoms with Gasteiger partial charge in [-0.3, -0.25) is 4.79 Å². The number of carbonyl (C=O) groups excluding carboxylic acids is 1. The number of nitrogens with one attached hydrogen (secondary N) is 1. The minimum absolute atomic E-state index is 0.0268. The van der Waals surface area contributed by atoms with Crippen LogP contribution in [0.3, 0.4) is 0 Å². The quantitative estimate of drug-likeness (QED) is 0.702. The van der Waals surface area contributed by atoms with Gasteiger partial charge >= 0.3 is 0 Å². The molecule has 1 unspecified atom stereocenters. The molecule has 1 aliphatic rings. The van der Waals surface area contributed by atoms with Crippen LogP contribution in [-0.2, 0) is 4.79 Å². The van der Waals surface area contributed by atoms with E-state index in [2.05, 4.69) is 11.9 Å². The summed E-state index contributed by atoms with van der Waals surface area (Å²) in [5.41, 5.74) is 0. The first-order valence-corrected chi connectivity index (χ1v) is 4.32. The Balaban J connectivity index is 2.49. The third-order valence-corrected chi connectivity index (χ3v) is 2.13. The molecule has 0 spiro atoms. The van der Waals surface area contributed by atoms with Gasteiger partial charge in [-0.05, 0) is 13.5 Å². The molecule has 1 saturated heterocycles. The van der Waals surface area contributed by atoms with E-state index < -0.39 is 0 Å². The predicted octanol–water partition coefficient (Wildman–Crippen LogP) is 0.559. The minimum Gasteiger partial charge on any atom is -0.336 e. The second kappa shape index (κ2) is 3.92. The largest absolute Gasteiger partial charge is 0.336 e. The van der Waals surface area contributed by atoms with Crippen LogP contribution < -0.4 is 5.32 Å². The number of carbonyl (C=O) groups is 1. The number of hydrogen-bond acceptors (Lipinski definition) is 2. The molecule has 0 aromatic rings. The van der Waals surface area contributed by atoms with Crippen LogP contribution >= 0.6 is 11.6 Å². The molecule has 0 saturated carbocycles. The average Bonchev–Trinajstić information content (AvgIpc) is 2.32. The molecule has 68 valence electrons. The van der Waals surface area contributed by atoms with Crippen LogP contribution in [0, 0.1) is 0 Å². The summed E-state index contributed by atoms with van der Waals surface area (Å²) in [7, 11) is 1.79. The molecule has 4 heteroatoms. The minimum atomic E-state index is -0.0268. The van der Waals surface area contributed by atoms with Crippen LogP contribution in [0.5, 0.6) is 0 Å². The molecule has 1 N–H and O–H groups in total. The predicted molar refractivity (Wildman–Crippen MR) is 49.0 cm³/mol. The zero-order chi connectivity index (χ0) is 9.14. The van der Waals surface area contributed by atoms with E-state index in [-0.39, 0.29) is 11.9 Å². The van der Waals surface area contributed by atoms with Gasteiger partial charge in [0.2, 0.25) is 5.91 Å². The van der Waals surface area contributed by atoms with Crippen molar-refractivity contribution in [1.82, 2.24) is 10.2 Å². The number of rotatable bonds is 3. The number of halogens is 1. The molecule has 1 heterocycles. The number of hydrogen-bond donors (Lipinski definition) is 1. The van der Waals surface area contributed by atoms with E-state index in [1.165, 1.54) is 0 Å². The molecule has 3 nitrogen and oxygen atoms in total. The molecule has 12 heavy (non-hydrogen) atoms. The summed E-state index contributed by atoms with van der Waals surface area (Å²) in [5.74, 6) is 0.124. The second-order valence-corrected chi connectivity index (χ2v) is 3.44. The maximum Gasteiger partial charge on any atom is 0.240 e. The monoisotopic (exact) mass is 188 g/mol. The molecule has 0 bridgehead atoms. The highest BCUT2D eigenvalue weighted by atomic mass is 35.5. The maximum absolute atomic E-state index is 11.4. The lowest BCUT2D eigenvalue weighted by molar-refractivity contribution is -0.128. The van der Waals surface area contributed by atoms with Gasteiger partial charge in [0.05, 0.1) is 12.6 Å². The molecule has 1 rings (SSSR count). The fraction of sp³-hybridized carbons (Fsp3) is 0.625. The Hall–Kier alpha value is -0.540. The molecule has 0 radical (unpaired) electrons. The molecular formula is C8H13ClN2O. The molecule has 1 atom stereocenters. The Kier molecular flexibility index (Phi) is 3.12. The van der Waals surface area contributed by atoms with Gasteiger partial charge in [-0.25, -0.2) is 0 Å². The van der Waals surface area contributed by atoms with E-state index in [1.807, 2.05) is 0 Å². The van der Waals surface area contributed by atoms with Gasteiger partial charge in [-0.2, -0.15) is 0 Å². The molecular weight excluding hydrogens is 176 g/mol. The van der Waals surface area contributed by atoms with Crippen LogP contribution in [0.4, 0.5) is 0 Å². The zero-order valence-corrected chi connectivity index (χ0v) is 7.90. The number of likely N-dealkylation sites (tertiary alicyclic amines) is 1. The van der Waals surface area contributed by atoms with Crippen LogP contribution in [-0.4, -0.2) is 37.0 Å². The summed E-state index contributed by atoms with van der Waals surface area (Å²) >= 11 is 5.61. The summed E-state index contributed by atoms with van der Waals surface area (Å²) in [6.07, 6.45) is 0.861. The van der Waals surface area contributed by atoms with Gasteiger partial charge in [0, 0.05) is 11.6 Å². The Bertz CT molecular complexity index is 205. The van der Waals surface area contributed by atoms with Gasteiger partial charge in [-0.15, -0.1) is 0 Å². The van der Waals surface area contributed by atoms with Gasteiger partial charge < -0.3 is 10.2 Å². The lowest BCUT2D eigenvalue weighted by Gasteiger charge is -2.15. The lowest BCUT2D eigenvalue weighted by Crippen LogP contribution is -2.36. The number of nitrogens with zero attached hydrogens (tertiary/aromatic N) is 1. The van der Waals surface area contributed by atoms with Gasteiger partial charge in [0.1, 0.15) is 0 Å². The van der Waals surface area contributed by atoms with E-state index in [9.17, 15) is 4.79 Å². The van der Waals surface area contributed by atoms with Crippen molar-refractivity contribution in [2.75, 3.05) is 20.1 Å². The molecule has 1 fully saturated rings. The SMILES string of the molecule is C=C(Cl)CN1CCC(NC)C1=O. The standard InChI is InChI=1S/C8H13ClN2O/c1-6(9)5-11-4-3-7(10-2)8(11)12/h7,10H,1,3-5H2,2H3. The van der Waals surface area contributed by atoms with Crippen LogP contribution in [0.15, 0.2) is 11.6 Å². The van der Waals surface area contributed by atoms with Crippen molar-refractivity contribution in [3.8, 4) is 0 Å². The van der Waals surface area contributed by atoms with Crippen LogP contribution in [0.1, 0.15) is 6.42 Å². The van der Waals surface area contributed by atoms with Crippen LogP contribution in [0.25, 0.3) is 0 Å². The first kappa shape index (κ1) is 9.55. The van der Waals surface area contributed by atoms with E-state index in [0.717, 1.165) is 13.0 Å². The summed E-state index contributed by atoms with van der Waals surface area (Å²) in [6.45, 7) is 4.80. The smallest absolute Gasteiger partial charge is 0.240 e. The summed E-state index contributed by atoms with van der Waals surface area (Å²) in [6, 6.07) is -0.0268. The van der Waals surface area contributed by atoms with Gasteiger partial charge in [0.25, 0.3) is 0 Å². The molecule has 0 aromatic heterocycles. The van der Waals surface area contributed by atoms with Crippen molar-refractivity contribution < 1.29 is 4.79 Å². The molecule has 0 aliphatic carbocycles. The molecule has 0 aromatic carbocycles. The highest BCUT2D eigenvalue weighted by Gasteiger charge is 2.29. The lowest BCUT2D eigenvalue weighted by atomic mass is 10.3. The topological polar surface area (TPSA) is 32.3 Å². The second-order valence-electron chi connectivity index (χ2n) is 2.91. The van der Waals surface area contributed by atoms with E-state index in [0.29, 0.717) is 11.6 Å². The Labute approximate surface area is 77.4 Å². The average molecular weight is 189 g/mol. The summed E-state index contributed by atoms with van der Waals surface area (Å²) in [4.78, 5) is 13.2. The fourth-order valence-corrected chi connectivity index (χ4v) is 1.52. The van der Waals surface area contributed by atoms with E-state index >= 15 is 0 Å². The third-order valence-electron chi connectivity index (χ3n) is 2.01. The third kappa shape index (κ3) is 1.99. The van der Waals surface area contributed by atoms with Crippen molar-refractivity contribution in [3.63, 3.8) is 0 Å². The zero-order valence-electron chi connectivity index (χ0n) is 7.14. The van der Waals surface area contributed by atoms with Gasteiger partial charge in [-0.1, -0.05) is 18.2 Å². The normalized spacial score (nSPS) is 23.3. The fourth-order valence-electron chi connectivity index (χ4n) is 1.37. The van der Waals surface area contributed by atoms with Crippen molar-refractivity contribution in [1.29, 1.82) is 0 Å². The van der Waals surface area contributed by atoms with Crippen molar-refractivity contribution >= 4 is 17.5 Å². The van der Waals surface area contributed by atoms with Crippen LogP contribution in [0.2, 0.25) is 0 Å². The Morgan fingerprint density at radius 2 is 2.58 bits per heavy atom. The highest BCUT2D eigenvalue weighted by Crippen LogP contribution is 2.13. The Morgan fingerprint density at radius 1 is 1.92 bits per heavy atom. The molecule has 1 aliphatic heterocycles. The van der Waals surface area contributed by atoms with Crippen molar-refractivity contribution in [2.45, 2.75) is 12.5 Å². The highest BCUT2D eigenvalue weighted by molar-refractivity contribution is 6.29. The van der Waals surface area contributed by atoms with Crippen molar-refractivity contribution in [3.05, 3.63) is 11.6 Å². The first-order valence-electron chi connectivity index (χ1n) is 3.94. The number of likely N-dealkylation sites (N-methyl/N-ethyl adjacent to an activating group) is 1. The number of amides is 1. The summed E-state index contributed by atoms with van der Waals surface area (Å²) < 4.78 is 0. The van der Waals surface area contributed by atoms with Gasteiger partial charge in [0.15, 0.2) is 0 Å². The maximum atomic E-state index is 11.4. The first-order chi connectivity index (χ1) is 5.65. The Morgan fingerprint density at radius 3 is 3.00 bits per heavy atom. The van der Waals surface area contributed by atoms with E-state index in [1.54, 1.807) is 11.9 Å². The van der Waals surface area contributed by atoms with Crippen molar-refractivity contribution in [2.24, 2.45) is 0 Å². The molecule has 1 amide bonds. The van der Waals surface area contributed by atoms with E-state index in [4.69, 9.17) is 11.6 Å².